The van der Waals surface area contributed by atoms with E-state index in [-0.39, 0.29) is 23.9 Å². The van der Waals surface area contributed by atoms with Crippen LogP contribution in [0, 0.1) is 5.82 Å². The Labute approximate surface area is 205 Å². The molecular formula is C24H25FN8O3. The number of urea groups is 1. The highest BCUT2D eigenvalue weighted by atomic mass is 19.1. The first-order valence-corrected chi connectivity index (χ1v) is 11.4. The second-order valence-corrected chi connectivity index (χ2v) is 8.29. The summed E-state index contributed by atoms with van der Waals surface area (Å²) < 4.78 is 22.2. The van der Waals surface area contributed by atoms with E-state index < -0.39 is 11.8 Å². The van der Waals surface area contributed by atoms with E-state index in [1.165, 1.54) is 18.5 Å². The molecule has 5 N–H and O–H groups in total. The molecular weight excluding hydrogens is 467 g/mol. The lowest BCUT2D eigenvalue weighted by atomic mass is 10.1. The minimum Gasteiger partial charge on any atom is -0.390 e. The number of ether oxygens (including phenoxy) is 1. The van der Waals surface area contributed by atoms with E-state index in [2.05, 4.69) is 30.6 Å². The molecule has 0 aliphatic carbocycles. The van der Waals surface area contributed by atoms with Crippen LogP contribution >= 0.6 is 0 Å². The molecule has 0 bridgehead atoms. The number of aliphatic hydroxyl groups is 1. The van der Waals surface area contributed by atoms with Crippen LogP contribution in [0.1, 0.15) is 11.4 Å². The van der Waals surface area contributed by atoms with Crippen molar-refractivity contribution in [3.8, 4) is 11.1 Å². The lowest BCUT2D eigenvalue weighted by Gasteiger charge is -2.26. The van der Waals surface area contributed by atoms with Gasteiger partial charge < -0.3 is 20.9 Å². The standard InChI is InChI=1S/C24H25FN8O3/c25-19-10-15(4-5-20(19)30-24(35)31-21-3-1-2-16(13-34)29-21)18-11-17(12-32-6-8-36-9-7-32)33-22(18)23(26)27-14-28-33/h1-5,10-11,14,34H,6-9,12-13H2,(H2,26,27,28)(H2,29,30,31,35). The number of amides is 2. The predicted octanol–water partition coefficient (Wildman–Crippen LogP) is 2.48. The number of hydrogen-bond donors (Lipinski definition) is 4. The molecule has 186 valence electrons. The number of pyridine rings is 1. The molecule has 0 saturated carbocycles. The fourth-order valence-corrected chi connectivity index (χ4v) is 4.15. The number of fused-ring (bicyclic) bond motifs is 1. The van der Waals surface area contributed by atoms with Crippen LogP contribution in [0.3, 0.4) is 0 Å². The Bertz CT molecular complexity index is 1400. The average Bonchev–Trinajstić information content (AvgIpc) is 3.25. The van der Waals surface area contributed by atoms with E-state index in [0.717, 1.165) is 18.8 Å². The summed E-state index contributed by atoms with van der Waals surface area (Å²) in [6.07, 6.45) is 1.40. The quantitative estimate of drug-likeness (QED) is 0.322. The number of aliphatic hydroxyl groups excluding tert-OH is 1. The Hall–Kier alpha value is -4.13. The van der Waals surface area contributed by atoms with Crippen molar-refractivity contribution in [1.29, 1.82) is 0 Å². The van der Waals surface area contributed by atoms with E-state index in [1.54, 1.807) is 28.8 Å². The van der Waals surface area contributed by atoms with Crippen LogP contribution in [0.2, 0.25) is 0 Å². The SMILES string of the molecule is Nc1ncnn2c(CN3CCOCC3)cc(-c3ccc(NC(=O)Nc4cccc(CO)n4)c(F)c3)c12. The van der Waals surface area contributed by atoms with Gasteiger partial charge in [-0.3, -0.25) is 10.2 Å². The summed E-state index contributed by atoms with van der Waals surface area (Å²) >= 11 is 0. The second kappa shape index (κ2) is 10.2. The molecule has 3 aromatic heterocycles. The monoisotopic (exact) mass is 492 g/mol. The number of nitrogens with one attached hydrogen (secondary N) is 2. The molecule has 0 atom stereocenters. The first-order chi connectivity index (χ1) is 17.5. The molecule has 0 unspecified atom stereocenters. The summed E-state index contributed by atoms with van der Waals surface area (Å²) in [6.45, 7) is 3.33. The van der Waals surface area contributed by atoms with Crippen molar-refractivity contribution >= 4 is 28.9 Å². The van der Waals surface area contributed by atoms with Crippen LogP contribution in [0.4, 0.5) is 26.5 Å². The van der Waals surface area contributed by atoms with Gasteiger partial charge in [0, 0.05) is 25.2 Å². The third-order valence-corrected chi connectivity index (χ3v) is 5.88. The van der Waals surface area contributed by atoms with Gasteiger partial charge in [-0.25, -0.2) is 23.7 Å². The number of benzene rings is 1. The first-order valence-electron chi connectivity index (χ1n) is 11.4. The number of carbonyl (C=O) groups excluding carboxylic acids is 1. The van der Waals surface area contributed by atoms with E-state index in [4.69, 9.17) is 10.5 Å². The maximum absolute atomic E-state index is 15.1. The van der Waals surface area contributed by atoms with Crippen LogP contribution in [0.5, 0.6) is 0 Å². The number of anilines is 3. The predicted molar refractivity (Wildman–Crippen MR) is 132 cm³/mol. The number of morpholine rings is 1. The molecule has 1 fully saturated rings. The molecule has 0 radical (unpaired) electrons. The summed E-state index contributed by atoms with van der Waals surface area (Å²) in [7, 11) is 0. The van der Waals surface area contributed by atoms with Gasteiger partial charge in [0.1, 0.15) is 23.5 Å². The third-order valence-electron chi connectivity index (χ3n) is 5.88. The molecule has 4 heterocycles. The van der Waals surface area contributed by atoms with Gasteiger partial charge in [-0.05, 0) is 35.9 Å². The summed E-state index contributed by atoms with van der Waals surface area (Å²) in [5, 5.41) is 18.6. The molecule has 0 spiro atoms. The van der Waals surface area contributed by atoms with Gasteiger partial charge in [-0.1, -0.05) is 12.1 Å². The molecule has 12 heteroatoms. The highest BCUT2D eigenvalue weighted by Gasteiger charge is 2.20. The van der Waals surface area contributed by atoms with Crippen molar-refractivity contribution < 1.29 is 19.0 Å². The Morgan fingerprint density at radius 1 is 1.17 bits per heavy atom. The Kier molecular flexibility index (Phi) is 6.71. The number of aromatic nitrogens is 4. The molecule has 4 aromatic rings. The van der Waals surface area contributed by atoms with Crippen molar-refractivity contribution in [2.75, 3.05) is 42.7 Å². The minimum atomic E-state index is -0.663. The summed E-state index contributed by atoms with van der Waals surface area (Å²) in [4.78, 5) is 22.8. The second-order valence-electron chi connectivity index (χ2n) is 8.29. The number of halogens is 1. The molecule has 36 heavy (non-hydrogen) atoms. The number of nitrogen functional groups attached to an aromatic ring is 1. The van der Waals surface area contributed by atoms with Gasteiger partial charge in [0.2, 0.25) is 0 Å². The zero-order valence-corrected chi connectivity index (χ0v) is 19.3. The van der Waals surface area contributed by atoms with Crippen molar-refractivity contribution in [3.63, 3.8) is 0 Å². The van der Waals surface area contributed by atoms with Crippen molar-refractivity contribution in [3.05, 3.63) is 66.0 Å². The fraction of sp³-hybridized carbons (Fsp3) is 0.250. The van der Waals surface area contributed by atoms with Crippen LogP contribution in [0.15, 0.2) is 48.8 Å². The smallest absolute Gasteiger partial charge is 0.324 e. The number of nitrogens with zero attached hydrogens (tertiary/aromatic N) is 5. The maximum atomic E-state index is 15.1. The van der Waals surface area contributed by atoms with Crippen molar-refractivity contribution in [2.24, 2.45) is 0 Å². The molecule has 2 amide bonds. The first kappa shape index (κ1) is 23.6. The molecule has 1 aliphatic rings. The van der Waals surface area contributed by atoms with Gasteiger partial charge in [0.15, 0.2) is 5.82 Å². The summed E-state index contributed by atoms with van der Waals surface area (Å²) in [6, 6.07) is 10.6. The van der Waals surface area contributed by atoms with Crippen LogP contribution < -0.4 is 16.4 Å². The fourth-order valence-electron chi connectivity index (χ4n) is 4.15. The number of rotatable bonds is 6. The largest absolute Gasteiger partial charge is 0.390 e. The van der Waals surface area contributed by atoms with Crippen LogP contribution in [-0.2, 0) is 17.9 Å². The lowest BCUT2D eigenvalue weighted by Crippen LogP contribution is -2.36. The maximum Gasteiger partial charge on any atom is 0.324 e. The van der Waals surface area contributed by atoms with Gasteiger partial charge >= 0.3 is 6.03 Å². The Morgan fingerprint density at radius 3 is 2.78 bits per heavy atom. The molecule has 11 nitrogen and oxygen atoms in total. The normalized spacial score (nSPS) is 14.2. The van der Waals surface area contributed by atoms with E-state index in [1.807, 2.05) is 6.07 Å². The number of carbonyl (C=O) groups is 1. The zero-order valence-electron chi connectivity index (χ0n) is 19.3. The van der Waals surface area contributed by atoms with E-state index in [9.17, 15) is 9.90 Å². The summed E-state index contributed by atoms with van der Waals surface area (Å²) in [5.74, 6) is -0.100. The van der Waals surface area contributed by atoms with Crippen LogP contribution in [0.25, 0.3) is 16.6 Å². The molecule has 1 aliphatic heterocycles. The van der Waals surface area contributed by atoms with Gasteiger partial charge in [0.25, 0.3) is 0 Å². The van der Waals surface area contributed by atoms with Gasteiger partial charge in [-0.15, -0.1) is 0 Å². The molecule has 5 rings (SSSR count). The third kappa shape index (κ3) is 4.96. The van der Waals surface area contributed by atoms with E-state index >= 15 is 4.39 Å². The lowest BCUT2D eigenvalue weighted by molar-refractivity contribution is 0.0334. The van der Waals surface area contributed by atoms with Gasteiger partial charge in [-0.2, -0.15) is 5.10 Å². The van der Waals surface area contributed by atoms with E-state index in [0.29, 0.717) is 42.1 Å². The minimum absolute atomic E-state index is 0.00385. The van der Waals surface area contributed by atoms with Crippen molar-refractivity contribution in [1.82, 2.24) is 24.5 Å². The van der Waals surface area contributed by atoms with Crippen LogP contribution in [-0.4, -0.2) is 61.9 Å². The topological polar surface area (TPSA) is 143 Å². The van der Waals surface area contributed by atoms with Crippen molar-refractivity contribution in [2.45, 2.75) is 13.2 Å². The highest BCUT2D eigenvalue weighted by Crippen LogP contribution is 2.32. The highest BCUT2D eigenvalue weighted by molar-refractivity contribution is 5.99. The number of hydrogen-bond acceptors (Lipinski definition) is 8. The molecule has 1 saturated heterocycles. The Balaban J connectivity index is 1.39. The number of nitrogens with two attached hydrogens (primary N) is 1. The zero-order chi connectivity index (χ0) is 25.1. The Morgan fingerprint density at radius 2 is 2.00 bits per heavy atom. The summed E-state index contributed by atoms with van der Waals surface area (Å²) in [5.41, 5.74) is 9.33. The molecule has 1 aromatic carbocycles. The van der Waals surface area contributed by atoms with Gasteiger partial charge in [0.05, 0.1) is 36.9 Å². The average molecular weight is 493 g/mol.